The summed E-state index contributed by atoms with van der Waals surface area (Å²) in [5.41, 5.74) is 0.588. The van der Waals surface area contributed by atoms with Crippen molar-refractivity contribution in [2.75, 3.05) is 6.26 Å². The molecule has 0 bridgehead atoms. The molecule has 0 heterocycles. The van der Waals surface area contributed by atoms with Crippen LogP contribution in [0, 0.1) is 0 Å². The van der Waals surface area contributed by atoms with E-state index in [-0.39, 0.29) is 23.7 Å². The minimum Gasteiger partial charge on any atom is -0.481 e. The maximum Gasteiger partial charge on any atom is 0.307 e. The predicted molar refractivity (Wildman–Crippen MR) is 58.1 cm³/mol. The summed E-state index contributed by atoms with van der Waals surface area (Å²) in [4.78, 5) is 10.5. The molecule has 0 atom stereocenters. The first-order chi connectivity index (χ1) is 6.39. The van der Waals surface area contributed by atoms with E-state index in [4.69, 9.17) is 5.11 Å². The zero-order chi connectivity index (χ0) is 10.8. The van der Waals surface area contributed by atoms with Gasteiger partial charge in [-0.1, -0.05) is 12.1 Å². The number of carbonyl (C=O) groups is 1. The molecule has 1 rings (SSSR count). The molecule has 84 valence electrons. The molecule has 0 aliphatic rings. The minimum absolute atomic E-state index is 0. The van der Waals surface area contributed by atoms with Gasteiger partial charge in [0.15, 0.2) is 9.84 Å². The fourth-order valence-electron chi connectivity index (χ4n) is 1.03. The zero-order valence-electron chi connectivity index (χ0n) is 8.00. The van der Waals surface area contributed by atoms with Crippen LogP contribution in [-0.4, -0.2) is 25.7 Å². The van der Waals surface area contributed by atoms with Crippen LogP contribution >= 0.6 is 12.4 Å². The van der Waals surface area contributed by atoms with Crippen LogP contribution in [0.3, 0.4) is 0 Å². The van der Waals surface area contributed by atoms with Gasteiger partial charge in [-0.15, -0.1) is 12.4 Å². The quantitative estimate of drug-likeness (QED) is 0.873. The van der Waals surface area contributed by atoms with Crippen molar-refractivity contribution in [3.63, 3.8) is 0 Å². The van der Waals surface area contributed by atoms with Crippen molar-refractivity contribution in [1.82, 2.24) is 0 Å². The van der Waals surface area contributed by atoms with Gasteiger partial charge in [0.2, 0.25) is 0 Å². The molecule has 6 heteroatoms. The second-order valence-corrected chi connectivity index (χ2v) is 5.00. The molecule has 0 aliphatic heterocycles. The van der Waals surface area contributed by atoms with E-state index in [0.717, 1.165) is 6.26 Å². The van der Waals surface area contributed by atoms with E-state index in [1.165, 1.54) is 24.3 Å². The van der Waals surface area contributed by atoms with E-state index >= 15 is 0 Å². The molecule has 0 spiro atoms. The number of halogens is 1. The third-order valence-electron chi connectivity index (χ3n) is 1.71. The molecule has 1 N–H and O–H groups in total. The lowest BCUT2D eigenvalue weighted by Gasteiger charge is -1.99. The summed E-state index contributed by atoms with van der Waals surface area (Å²) in [6, 6.07) is 5.83. The topological polar surface area (TPSA) is 71.4 Å². The summed E-state index contributed by atoms with van der Waals surface area (Å²) in [6.45, 7) is 0. The standard InChI is InChI=1S/C9H10O4S.ClH/c1-14(12,13)8-4-2-7(3-5-8)6-9(10)11;/h2-5H,6H2,1H3,(H,10,11);1H. The van der Waals surface area contributed by atoms with Crippen molar-refractivity contribution in [2.45, 2.75) is 11.3 Å². The van der Waals surface area contributed by atoms with Crippen LogP contribution in [0.1, 0.15) is 5.56 Å². The van der Waals surface area contributed by atoms with Gasteiger partial charge in [0.1, 0.15) is 0 Å². The van der Waals surface area contributed by atoms with Crippen LogP contribution in [0.25, 0.3) is 0 Å². The van der Waals surface area contributed by atoms with Crippen molar-refractivity contribution in [1.29, 1.82) is 0 Å². The Labute approximate surface area is 94.3 Å². The monoisotopic (exact) mass is 250 g/mol. The molecular weight excluding hydrogens is 240 g/mol. The van der Waals surface area contributed by atoms with Gasteiger partial charge in [-0.3, -0.25) is 4.79 Å². The molecule has 1 aromatic carbocycles. The number of benzene rings is 1. The molecule has 4 nitrogen and oxygen atoms in total. The fourth-order valence-corrected chi connectivity index (χ4v) is 1.66. The van der Waals surface area contributed by atoms with Crippen LogP contribution in [0.5, 0.6) is 0 Å². The SMILES string of the molecule is CS(=O)(=O)c1ccc(CC(=O)O)cc1.Cl. The van der Waals surface area contributed by atoms with Gasteiger partial charge in [-0.2, -0.15) is 0 Å². The molecule has 15 heavy (non-hydrogen) atoms. The number of hydrogen-bond donors (Lipinski definition) is 1. The van der Waals surface area contributed by atoms with E-state index in [1.54, 1.807) is 0 Å². The summed E-state index contributed by atoms with van der Waals surface area (Å²) in [5.74, 6) is -0.933. The highest BCUT2D eigenvalue weighted by atomic mass is 35.5. The Bertz CT molecular complexity index is 436. The molecule has 0 amide bonds. The molecule has 0 aromatic heterocycles. The average Bonchev–Trinajstić information content (AvgIpc) is 2.02. The Hall–Kier alpha value is -1.07. The van der Waals surface area contributed by atoms with Gasteiger partial charge in [-0.05, 0) is 17.7 Å². The molecule has 0 saturated heterocycles. The molecular formula is C9H11ClO4S. The number of rotatable bonds is 3. The third-order valence-corrected chi connectivity index (χ3v) is 2.84. The highest BCUT2D eigenvalue weighted by Crippen LogP contribution is 2.10. The number of carboxylic acid groups (broad SMARTS) is 1. The summed E-state index contributed by atoms with van der Waals surface area (Å²) in [7, 11) is -3.20. The van der Waals surface area contributed by atoms with Crippen LogP contribution < -0.4 is 0 Å². The Balaban J connectivity index is 0.00000196. The molecule has 1 aromatic rings. The zero-order valence-corrected chi connectivity index (χ0v) is 9.64. The Morgan fingerprint density at radius 3 is 2.07 bits per heavy atom. The number of aliphatic carboxylic acids is 1. The first-order valence-corrected chi connectivity index (χ1v) is 5.79. The van der Waals surface area contributed by atoms with Gasteiger partial charge in [0.05, 0.1) is 11.3 Å². The first kappa shape index (κ1) is 13.9. The lowest BCUT2D eigenvalue weighted by atomic mass is 10.2. The molecule has 0 aliphatic carbocycles. The number of sulfone groups is 1. The summed E-state index contributed by atoms with van der Waals surface area (Å²) in [5, 5.41) is 8.48. The average molecular weight is 251 g/mol. The number of hydrogen-bond acceptors (Lipinski definition) is 3. The molecule has 0 unspecified atom stereocenters. The summed E-state index contributed by atoms with van der Waals surface area (Å²) in [6.07, 6.45) is 1.02. The molecule has 0 radical (unpaired) electrons. The van der Waals surface area contributed by atoms with Crippen molar-refractivity contribution in [3.8, 4) is 0 Å². The van der Waals surface area contributed by atoms with E-state index in [2.05, 4.69) is 0 Å². The first-order valence-electron chi connectivity index (χ1n) is 3.90. The summed E-state index contributed by atoms with van der Waals surface area (Å²) < 4.78 is 22.1. The maximum absolute atomic E-state index is 11.1. The Kier molecular flexibility index (Phi) is 4.77. The van der Waals surface area contributed by atoms with Crippen molar-refractivity contribution >= 4 is 28.2 Å². The van der Waals surface area contributed by atoms with Crippen molar-refractivity contribution < 1.29 is 18.3 Å². The van der Waals surface area contributed by atoms with Crippen molar-refractivity contribution in [3.05, 3.63) is 29.8 Å². The van der Waals surface area contributed by atoms with E-state index in [1.807, 2.05) is 0 Å². The van der Waals surface area contributed by atoms with Gasteiger partial charge >= 0.3 is 5.97 Å². The van der Waals surface area contributed by atoms with Gasteiger partial charge in [0, 0.05) is 6.26 Å². The highest BCUT2D eigenvalue weighted by molar-refractivity contribution is 7.90. The summed E-state index contributed by atoms with van der Waals surface area (Å²) >= 11 is 0. The van der Waals surface area contributed by atoms with Crippen LogP contribution in [0.15, 0.2) is 29.2 Å². The van der Waals surface area contributed by atoms with E-state index in [9.17, 15) is 13.2 Å². The second-order valence-electron chi connectivity index (χ2n) is 2.99. The smallest absolute Gasteiger partial charge is 0.307 e. The highest BCUT2D eigenvalue weighted by Gasteiger charge is 2.06. The largest absolute Gasteiger partial charge is 0.481 e. The lowest BCUT2D eigenvalue weighted by Crippen LogP contribution is -2.01. The predicted octanol–water partition coefficient (Wildman–Crippen LogP) is 1.14. The maximum atomic E-state index is 11.1. The molecule has 0 fully saturated rings. The van der Waals surface area contributed by atoms with Crippen LogP contribution in [0.4, 0.5) is 0 Å². The van der Waals surface area contributed by atoms with E-state index < -0.39 is 15.8 Å². The number of carboxylic acids is 1. The van der Waals surface area contributed by atoms with Gasteiger partial charge < -0.3 is 5.11 Å². The Morgan fingerprint density at radius 2 is 1.73 bits per heavy atom. The van der Waals surface area contributed by atoms with Crippen molar-refractivity contribution in [2.24, 2.45) is 0 Å². The second kappa shape index (κ2) is 5.14. The van der Waals surface area contributed by atoms with Gasteiger partial charge in [-0.25, -0.2) is 8.42 Å². The van der Waals surface area contributed by atoms with Crippen LogP contribution in [0.2, 0.25) is 0 Å². The normalized spacial score (nSPS) is 10.5. The molecule has 0 saturated carbocycles. The third kappa shape index (κ3) is 4.31. The minimum atomic E-state index is -3.20. The van der Waals surface area contributed by atoms with Gasteiger partial charge in [0.25, 0.3) is 0 Å². The fraction of sp³-hybridized carbons (Fsp3) is 0.222. The lowest BCUT2D eigenvalue weighted by molar-refractivity contribution is -0.136. The Morgan fingerprint density at radius 1 is 1.27 bits per heavy atom. The van der Waals surface area contributed by atoms with Crippen LogP contribution in [-0.2, 0) is 21.1 Å². The van der Waals surface area contributed by atoms with E-state index in [0.29, 0.717) is 5.56 Å².